The molecule has 0 unspecified atom stereocenters. The van der Waals surface area contributed by atoms with Gasteiger partial charge in [0.1, 0.15) is 12.4 Å². The summed E-state index contributed by atoms with van der Waals surface area (Å²) in [6.07, 6.45) is 4.79. The topological polar surface area (TPSA) is 55.6 Å². The molecule has 1 aromatic carbocycles. The third-order valence-electron chi connectivity index (χ3n) is 3.28. The van der Waals surface area contributed by atoms with Crippen LogP contribution in [0.4, 0.5) is 0 Å². The Bertz CT molecular complexity index is 409. The number of rotatable bonds is 10. The number of nitrogens with zero attached hydrogens (tertiary/aromatic N) is 1. The van der Waals surface area contributed by atoms with Gasteiger partial charge in [-0.3, -0.25) is 4.79 Å². The first kappa shape index (κ1) is 18.0. The molecule has 0 spiro atoms. The minimum Gasteiger partial charge on any atom is -0.492 e. The van der Waals surface area contributed by atoms with Gasteiger partial charge in [-0.05, 0) is 43.7 Å². The molecule has 21 heavy (non-hydrogen) atoms. The SMILES string of the molecule is CN(CCOc1ccc(Br)cc1)C(=O)CCCCCCN. The van der Waals surface area contributed by atoms with Gasteiger partial charge in [-0.25, -0.2) is 0 Å². The number of halogens is 1. The highest BCUT2D eigenvalue weighted by Gasteiger charge is 2.08. The van der Waals surface area contributed by atoms with Gasteiger partial charge in [0.25, 0.3) is 0 Å². The highest BCUT2D eigenvalue weighted by Crippen LogP contribution is 2.16. The lowest BCUT2D eigenvalue weighted by Crippen LogP contribution is -2.30. The van der Waals surface area contributed by atoms with Gasteiger partial charge >= 0.3 is 0 Å². The minimum atomic E-state index is 0.183. The Balaban J connectivity index is 2.13. The lowest BCUT2D eigenvalue weighted by Gasteiger charge is -2.17. The zero-order chi connectivity index (χ0) is 15.5. The van der Waals surface area contributed by atoms with E-state index < -0.39 is 0 Å². The molecule has 2 N–H and O–H groups in total. The molecule has 1 rings (SSSR count). The van der Waals surface area contributed by atoms with Gasteiger partial charge in [-0.1, -0.05) is 28.8 Å². The monoisotopic (exact) mass is 356 g/mol. The predicted molar refractivity (Wildman–Crippen MR) is 89.4 cm³/mol. The number of hydrogen-bond acceptors (Lipinski definition) is 3. The van der Waals surface area contributed by atoms with Crippen molar-refractivity contribution in [3.63, 3.8) is 0 Å². The summed E-state index contributed by atoms with van der Waals surface area (Å²) in [6.45, 7) is 1.86. The molecule has 0 bridgehead atoms. The van der Waals surface area contributed by atoms with Crippen molar-refractivity contribution < 1.29 is 9.53 Å². The summed E-state index contributed by atoms with van der Waals surface area (Å²) >= 11 is 3.38. The average Bonchev–Trinajstić information content (AvgIpc) is 2.48. The second-order valence-corrected chi connectivity index (χ2v) is 5.99. The van der Waals surface area contributed by atoms with E-state index in [-0.39, 0.29) is 5.91 Å². The third kappa shape index (κ3) is 8.07. The van der Waals surface area contributed by atoms with Crippen LogP contribution < -0.4 is 10.5 Å². The van der Waals surface area contributed by atoms with Crippen LogP contribution in [0.15, 0.2) is 28.7 Å². The molecular weight excluding hydrogens is 332 g/mol. The molecule has 4 nitrogen and oxygen atoms in total. The summed E-state index contributed by atoms with van der Waals surface area (Å²) in [7, 11) is 1.83. The zero-order valence-corrected chi connectivity index (χ0v) is 14.3. The largest absolute Gasteiger partial charge is 0.492 e. The van der Waals surface area contributed by atoms with E-state index in [2.05, 4.69) is 15.9 Å². The van der Waals surface area contributed by atoms with Crippen molar-refractivity contribution in [1.82, 2.24) is 4.90 Å². The molecule has 1 aromatic rings. The first-order valence-electron chi connectivity index (χ1n) is 7.46. The van der Waals surface area contributed by atoms with Gasteiger partial charge in [0.15, 0.2) is 0 Å². The second-order valence-electron chi connectivity index (χ2n) is 5.07. The van der Waals surface area contributed by atoms with E-state index in [1.807, 2.05) is 31.3 Å². The van der Waals surface area contributed by atoms with E-state index in [0.29, 0.717) is 19.6 Å². The van der Waals surface area contributed by atoms with Crippen molar-refractivity contribution in [3.8, 4) is 5.75 Å². The number of hydrogen-bond donors (Lipinski definition) is 1. The number of unbranched alkanes of at least 4 members (excludes halogenated alkanes) is 3. The van der Waals surface area contributed by atoms with Crippen LogP contribution in [0.3, 0.4) is 0 Å². The van der Waals surface area contributed by atoms with E-state index in [0.717, 1.165) is 42.5 Å². The number of carbonyl (C=O) groups is 1. The minimum absolute atomic E-state index is 0.183. The molecule has 5 heteroatoms. The van der Waals surface area contributed by atoms with Crippen LogP contribution in [-0.4, -0.2) is 37.6 Å². The summed E-state index contributed by atoms with van der Waals surface area (Å²) in [5.74, 6) is 1.00. The number of likely N-dealkylation sites (N-methyl/N-ethyl adjacent to an activating group) is 1. The summed E-state index contributed by atoms with van der Waals surface area (Å²) < 4.78 is 6.64. The lowest BCUT2D eigenvalue weighted by atomic mass is 10.1. The molecule has 0 fully saturated rings. The fraction of sp³-hybridized carbons (Fsp3) is 0.562. The second kappa shape index (κ2) is 10.6. The third-order valence-corrected chi connectivity index (χ3v) is 3.81. The molecule has 0 atom stereocenters. The molecule has 0 aliphatic heterocycles. The summed E-state index contributed by atoms with van der Waals surface area (Å²) in [6, 6.07) is 7.68. The summed E-state index contributed by atoms with van der Waals surface area (Å²) in [4.78, 5) is 13.6. The average molecular weight is 357 g/mol. The molecule has 0 saturated carbocycles. The van der Waals surface area contributed by atoms with Gasteiger partial charge < -0.3 is 15.4 Å². The van der Waals surface area contributed by atoms with Gasteiger partial charge in [0, 0.05) is 17.9 Å². The highest BCUT2D eigenvalue weighted by molar-refractivity contribution is 9.10. The van der Waals surface area contributed by atoms with Crippen molar-refractivity contribution in [1.29, 1.82) is 0 Å². The number of benzene rings is 1. The standard InChI is InChI=1S/C16H25BrN2O2/c1-19(16(20)6-4-2-3-5-11-18)12-13-21-15-9-7-14(17)8-10-15/h7-10H,2-6,11-13,18H2,1H3. The Morgan fingerprint density at radius 3 is 2.52 bits per heavy atom. The van der Waals surface area contributed by atoms with Crippen LogP contribution in [0.5, 0.6) is 5.75 Å². The molecule has 0 saturated heterocycles. The quantitative estimate of drug-likeness (QED) is 0.655. The normalized spacial score (nSPS) is 10.4. The Kier molecular flexibility index (Phi) is 9.10. The molecule has 0 radical (unpaired) electrons. The first-order valence-corrected chi connectivity index (χ1v) is 8.25. The van der Waals surface area contributed by atoms with Crippen LogP contribution >= 0.6 is 15.9 Å². The molecule has 0 heterocycles. The maximum atomic E-state index is 11.9. The van der Waals surface area contributed by atoms with Crippen LogP contribution in [0.2, 0.25) is 0 Å². The fourth-order valence-electron chi connectivity index (χ4n) is 1.92. The predicted octanol–water partition coefficient (Wildman–Crippen LogP) is 3.20. The maximum Gasteiger partial charge on any atom is 0.222 e. The number of carbonyl (C=O) groups excluding carboxylic acids is 1. The van der Waals surface area contributed by atoms with E-state index in [1.54, 1.807) is 4.90 Å². The van der Waals surface area contributed by atoms with E-state index in [4.69, 9.17) is 10.5 Å². The maximum absolute atomic E-state index is 11.9. The highest BCUT2D eigenvalue weighted by atomic mass is 79.9. The van der Waals surface area contributed by atoms with Crippen LogP contribution in [-0.2, 0) is 4.79 Å². The van der Waals surface area contributed by atoms with Crippen LogP contribution in [0.25, 0.3) is 0 Å². The number of ether oxygens (including phenoxy) is 1. The van der Waals surface area contributed by atoms with E-state index in [1.165, 1.54) is 0 Å². The van der Waals surface area contributed by atoms with Gasteiger partial charge in [0.2, 0.25) is 5.91 Å². The first-order chi connectivity index (χ1) is 10.1. The van der Waals surface area contributed by atoms with Crippen LogP contribution in [0, 0.1) is 0 Å². The van der Waals surface area contributed by atoms with Crippen molar-refractivity contribution in [2.75, 3.05) is 26.7 Å². The Hall–Kier alpha value is -1.07. The zero-order valence-electron chi connectivity index (χ0n) is 12.7. The molecular formula is C16H25BrN2O2. The number of amides is 1. The van der Waals surface area contributed by atoms with Gasteiger partial charge in [-0.2, -0.15) is 0 Å². The Morgan fingerprint density at radius 1 is 1.19 bits per heavy atom. The van der Waals surface area contributed by atoms with Gasteiger partial charge in [0.05, 0.1) is 6.54 Å². The smallest absolute Gasteiger partial charge is 0.222 e. The van der Waals surface area contributed by atoms with Crippen LogP contribution in [0.1, 0.15) is 32.1 Å². The van der Waals surface area contributed by atoms with Crippen molar-refractivity contribution in [3.05, 3.63) is 28.7 Å². The van der Waals surface area contributed by atoms with E-state index >= 15 is 0 Å². The molecule has 0 aliphatic rings. The molecule has 0 aliphatic carbocycles. The van der Waals surface area contributed by atoms with E-state index in [9.17, 15) is 4.79 Å². The van der Waals surface area contributed by atoms with Gasteiger partial charge in [-0.15, -0.1) is 0 Å². The number of nitrogens with two attached hydrogens (primary N) is 1. The summed E-state index contributed by atoms with van der Waals surface area (Å²) in [5, 5.41) is 0. The lowest BCUT2D eigenvalue weighted by molar-refractivity contribution is -0.130. The fourth-order valence-corrected chi connectivity index (χ4v) is 2.19. The van der Waals surface area contributed by atoms with Crippen molar-refractivity contribution >= 4 is 21.8 Å². The van der Waals surface area contributed by atoms with Crippen molar-refractivity contribution in [2.45, 2.75) is 32.1 Å². The summed E-state index contributed by atoms with van der Waals surface area (Å²) in [5.41, 5.74) is 5.44. The van der Waals surface area contributed by atoms with Crippen molar-refractivity contribution in [2.24, 2.45) is 5.73 Å². The Labute approximate surface area is 135 Å². The molecule has 1 amide bonds. The molecule has 118 valence electrons. The Morgan fingerprint density at radius 2 is 1.86 bits per heavy atom. The molecule has 0 aromatic heterocycles.